The first-order valence-corrected chi connectivity index (χ1v) is 8.77. The number of aliphatic hydroxyl groups is 1. The van der Waals surface area contributed by atoms with Gasteiger partial charge in [0.2, 0.25) is 5.95 Å². The van der Waals surface area contributed by atoms with Gasteiger partial charge < -0.3 is 15.7 Å². The Balaban J connectivity index is 2.21. The molecule has 0 saturated carbocycles. The first kappa shape index (κ1) is 15.3. The maximum Gasteiger partial charge on any atom is 0.226 e. The van der Waals surface area contributed by atoms with E-state index in [0.29, 0.717) is 18.2 Å². The second-order valence-corrected chi connectivity index (χ2v) is 6.61. The summed E-state index contributed by atoms with van der Waals surface area (Å²) in [6.45, 7) is 5.08. The lowest BCUT2D eigenvalue weighted by atomic mass is 10.1. The lowest BCUT2D eigenvalue weighted by Gasteiger charge is -2.23. The summed E-state index contributed by atoms with van der Waals surface area (Å²) in [7, 11) is 0. The van der Waals surface area contributed by atoms with Crippen molar-refractivity contribution in [2.75, 3.05) is 35.7 Å². The molecule has 0 fully saturated rings. The fourth-order valence-corrected chi connectivity index (χ4v) is 3.35. The van der Waals surface area contributed by atoms with Crippen LogP contribution in [0.2, 0.25) is 0 Å². The van der Waals surface area contributed by atoms with Gasteiger partial charge in [-0.25, -0.2) is 4.98 Å². The average Bonchev–Trinajstić information content (AvgIpc) is 2.84. The van der Waals surface area contributed by atoms with Gasteiger partial charge >= 0.3 is 0 Å². The van der Waals surface area contributed by atoms with Gasteiger partial charge in [0.25, 0.3) is 0 Å². The van der Waals surface area contributed by atoms with Crippen molar-refractivity contribution in [2.45, 2.75) is 19.4 Å². The third-order valence-corrected chi connectivity index (χ3v) is 4.47. The van der Waals surface area contributed by atoms with Crippen molar-refractivity contribution in [1.29, 1.82) is 0 Å². The van der Waals surface area contributed by atoms with Gasteiger partial charge in [-0.15, -0.1) is 11.3 Å². The molecule has 0 aliphatic heterocycles. The summed E-state index contributed by atoms with van der Waals surface area (Å²) in [4.78, 5) is 9.88. The molecule has 3 N–H and O–H groups in total. The van der Waals surface area contributed by atoms with Gasteiger partial charge in [-0.2, -0.15) is 16.7 Å². The number of rotatable bonds is 7. The van der Waals surface area contributed by atoms with Crippen LogP contribution in [0.3, 0.4) is 0 Å². The van der Waals surface area contributed by atoms with Crippen molar-refractivity contribution in [3.8, 4) is 0 Å². The first-order valence-electron chi connectivity index (χ1n) is 6.50. The van der Waals surface area contributed by atoms with E-state index in [0.717, 1.165) is 22.6 Å². The summed E-state index contributed by atoms with van der Waals surface area (Å²) >= 11 is 3.21. The number of aromatic nitrogens is 2. The van der Waals surface area contributed by atoms with E-state index in [-0.39, 0.29) is 0 Å². The molecule has 0 spiro atoms. The van der Waals surface area contributed by atoms with Crippen molar-refractivity contribution in [2.24, 2.45) is 0 Å². The summed E-state index contributed by atoms with van der Waals surface area (Å²) in [5.41, 5.74) is -0.759. The highest BCUT2D eigenvalue weighted by atomic mass is 32.2. The van der Waals surface area contributed by atoms with Crippen molar-refractivity contribution in [3.63, 3.8) is 0 Å². The zero-order valence-electron chi connectivity index (χ0n) is 11.9. The molecule has 2 aromatic rings. The van der Waals surface area contributed by atoms with Crippen LogP contribution in [0, 0.1) is 0 Å². The highest BCUT2D eigenvalue weighted by molar-refractivity contribution is 7.98. The number of nitrogens with zero attached hydrogens (tertiary/aromatic N) is 2. The fraction of sp³-hybridized carbons (Fsp3) is 0.538. The average molecular weight is 312 g/mol. The van der Waals surface area contributed by atoms with Gasteiger partial charge in [0.15, 0.2) is 0 Å². The van der Waals surface area contributed by atoms with Crippen LogP contribution in [-0.2, 0) is 0 Å². The number of hydrogen-bond donors (Lipinski definition) is 3. The Bertz CT molecular complexity index is 570. The normalized spacial score (nSPS) is 14.2. The van der Waals surface area contributed by atoms with Crippen LogP contribution in [0.5, 0.6) is 0 Å². The molecule has 0 aromatic carbocycles. The van der Waals surface area contributed by atoms with Crippen LogP contribution in [0.25, 0.3) is 10.2 Å². The van der Waals surface area contributed by atoms with Gasteiger partial charge in [-0.1, -0.05) is 0 Å². The molecule has 0 bridgehead atoms. The topological polar surface area (TPSA) is 70.1 Å². The zero-order chi connectivity index (χ0) is 14.6. The molecular formula is C13H20N4OS2. The standard InChI is InChI=1S/C13H20N4OS2/c1-4-14-12-16-10(9-5-6-20-11(9)17-12)15-7-13(2,18)8-19-3/h5-6,18H,4,7-8H2,1-3H3,(H2,14,15,16,17). The zero-order valence-corrected chi connectivity index (χ0v) is 13.6. The molecule has 2 aromatic heterocycles. The maximum absolute atomic E-state index is 10.2. The molecule has 110 valence electrons. The number of hydrogen-bond acceptors (Lipinski definition) is 7. The van der Waals surface area contributed by atoms with Crippen LogP contribution >= 0.6 is 23.1 Å². The highest BCUT2D eigenvalue weighted by Crippen LogP contribution is 2.27. The van der Waals surface area contributed by atoms with Crippen LogP contribution in [0.4, 0.5) is 11.8 Å². The molecule has 20 heavy (non-hydrogen) atoms. The van der Waals surface area contributed by atoms with E-state index in [1.165, 1.54) is 0 Å². The third-order valence-electron chi connectivity index (χ3n) is 2.75. The number of thioether (sulfide) groups is 1. The fourth-order valence-electron chi connectivity index (χ4n) is 1.86. The number of fused-ring (bicyclic) bond motifs is 1. The Labute approximate surface area is 127 Å². The Morgan fingerprint density at radius 3 is 2.90 bits per heavy atom. The van der Waals surface area contributed by atoms with E-state index >= 15 is 0 Å². The summed E-state index contributed by atoms with van der Waals surface area (Å²) in [5, 5.41) is 19.6. The molecule has 0 aliphatic rings. The maximum atomic E-state index is 10.2. The van der Waals surface area contributed by atoms with E-state index in [1.807, 2.05) is 31.5 Å². The van der Waals surface area contributed by atoms with E-state index in [2.05, 4.69) is 20.6 Å². The molecule has 0 aliphatic carbocycles. The van der Waals surface area contributed by atoms with Crippen LogP contribution < -0.4 is 10.6 Å². The largest absolute Gasteiger partial charge is 0.387 e. The van der Waals surface area contributed by atoms with Gasteiger partial charge in [0, 0.05) is 18.8 Å². The predicted molar refractivity (Wildman–Crippen MR) is 89.1 cm³/mol. The monoisotopic (exact) mass is 312 g/mol. The molecular weight excluding hydrogens is 292 g/mol. The number of anilines is 2. The minimum Gasteiger partial charge on any atom is -0.387 e. The quantitative estimate of drug-likeness (QED) is 0.730. The van der Waals surface area contributed by atoms with E-state index in [9.17, 15) is 5.11 Å². The number of thiophene rings is 1. The second-order valence-electron chi connectivity index (χ2n) is 4.85. The van der Waals surface area contributed by atoms with Crippen LogP contribution in [0.15, 0.2) is 11.4 Å². The molecule has 0 saturated heterocycles. The Morgan fingerprint density at radius 2 is 2.20 bits per heavy atom. The van der Waals surface area contributed by atoms with Gasteiger partial charge in [-0.05, 0) is 31.5 Å². The molecule has 2 heterocycles. The van der Waals surface area contributed by atoms with Crippen molar-refractivity contribution in [3.05, 3.63) is 11.4 Å². The van der Waals surface area contributed by atoms with Crippen molar-refractivity contribution < 1.29 is 5.11 Å². The van der Waals surface area contributed by atoms with Crippen LogP contribution in [-0.4, -0.2) is 45.8 Å². The molecule has 1 atom stereocenters. The first-order chi connectivity index (χ1) is 9.55. The second kappa shape index (κ2) is 6.60. The van der Waals surface area contributed by atoms with Crippen molar-refractivity contribution in [1.82, 2.24) is 9.97 Å². The summed E-state index contributed by atoms with van der Waals surface area (Å²) in [6.07, 6.45) is 1.99. The molecule has 2 rings (SSSR count). The minimum absolute atomic E-state index is 0.460. The molecule has 5 nitrogen and oxygen atoms in total. The smallest absolute Gasteiger partial charge is 0.226 e. The number of nitrogens with one attached hydrogen (secondary N) is 2. The lowest BCUT2D eigenvalue weighted by Crippen LogP contribution is -2.36. The third kappa shape index (κ3) is 3.74. The molecule has 0 amide bonds. The molecule has 0 radical (unpaired) electrons. The molecule has 1 unspecified atom stereocenters. The summed E-state index contributed by atoms with van der Waals surface area (Å²) in [5.74, 6) is 2.07. The molecule has 7 heteroatoms. The van der Waals surface area contributed by atoms with Crippen molar-refractivity contribution >= 4 is 45.1 Å². The predicted octanol–water partition coefficient (Wildman–Crippen LogP) is 2.65. The van der Waals surface area contributed by atoms with E-state index in [1.54, 1.807) is 23.1 Å². The Kier molecular flexibility index (Phi) is 5.06. The minimum atomic E-state index is -0.759. The van der Waals surface area contributed by atoms with Gasteiger partial charge in [0.1, 0.15) is 10.6 Å². The summed E-state index contributed by atoms with van der Waals surface area (Å²) < 4.78 is 0. The lowest BCUT2D eigenvalue weighted by molar-refractivity contribution is 0.0996. The van der Waals surface area contributed by atoms with Gasteiger partial charge in [0.05, 0.1) is 11.0 Å². The highest BCUT2D eigenvalue weighted by Gasteiger charge is 2.20. The van der Waals surface area contributed by atoms with Crippen LogP contribution in [0.1, 0.15) is 13.8 Å². The summed E-state index contributed by atoms with van der Waals surface area (Å²) in [6, 6.07) is 2.00. The Morgan fingerprint density at radius 1 is 1.40 bits per heavy atom. The van der Waals surface area contributed by atoms with Gasteiger partial charge in [-0.3, -0.25) is 0 Å². The van der Waals surface area contributed by atoms with E-state index < -0.39 is 5.60 Å². The Hall–Kier alpha value is -1.05. The SMILES string of the molecule is CCNc1nc(NCC(C)(O)CSC)c2ccsc2n1. The van der Waals surface area contributed by atoms with E-state index in [4.69, 9.17) is 0 Å².